The first kappa shape index (κ1) is 18.8. The Kier molecular flexibility index (Phi) is 5.63. The van der Waals surface area contributed by atoms with E-state index in [-0.39, 0.29) is 5.91 Å². The van der Waals surface area contributed by atoms with E-state index in [2.05, 4.69) is 16.4 Å². The van der Waals surface area contributed by atoms with Crippen LogP contribution in [0.4, 0.5) is 5.82 Å². The van der Waals surface area contributed by atoms with E-state index in [0.717, 1.165) is 11.1 Å². The number of carbonyl (C=O) groups is 1. The summed E-state index contributed by atoms with van der Waals surface area (Å²) in [6, 6.07) is 19.2. The van der Waals surface area contributed by atoms with Crippen LogP contribution in [-0.4, -0.2) is 42.2 Å². The monoisotopic (exact) mass is 387 g/mol. The van der Waals surface area contributed by atoms with Crippen LogP contribution in [0.5, 0.6) is 0 Å². The maximum atomic E-state index is 12.9. The van der Waals surface area contributed by atoms with E-state index in [4.69, 9.17) is 9.72 Å². The number of amides is 1. The SMILES string of the molecule is N#C[C@@H](C(=O)NCc1ccccc1)c1nc2ccccc2nc1N1CCOCC1. The molecule has 2 aromatic carbocycles. The first-order valence-corrected chi connectivity index (χ1v) is 9.57. The van der Waals surface area contributed by atoms with Crippen LogP contribution in [-0.2, 0) is 16.1 Å². The molecular formula is C22H21N5O2. The Bertz CT molecular complexity index is 1040. The number of aromatic nitrogens is 2. The first-order chi connectivity index (χ1) is 14.3. The topological polar surface area (TPSA) is 91.1 Å². The van der Waals surface area contributed by atoms with Gasteiger partial charge in [0.05, 0.1) is 30.3 Å². The van der Waals surface area contributed by atoms with E-state index >= 15 is 0 Å². The average Bonchev–Trinajstić information content (AvgIpc) is 2.79. The molecule has 4 rings (SSSR count). The smallest absolute Gasteiger partial charge is 0.243 e. The van der Waals surface area contributed by atoms with Crippen LogP contribution in [0.25, 0.3) is 11.0 Å². The fourth-order valence-corrected chi connectivity index (χ4v) is 3.34. The molecule has 0 unspecified atom stereocenters. The van der Waals surface area contributed by atoms with Crippen molar-refractivity contribution in [2.75, 3.05) is 31.2 Å². The number of fused-ring (bicyclic) bond motifs is 1. The molecule has 1 atom stereocenters. The van der Waals surface area contributed by atoms with Crippen LogP contribution in [0.3, 0.4) is 0 Å². The van der Waals surface area contributed by atoms with Gasteiger partial charge in [-0.25, -0.2) is 9.97 Å². The number of ether oxygens (including phenoxy) is 1. The van der Waals surface area contributed by atoms with Crippen molar-refractivity contribution in [2.45, 2.75) is 12.5 Å². The third-order valence-electron chi connectivity index (χ3n) is 4.86. The highest BCUT2D eigenvalue weighted by Gasteiger charge is 2.29. The van der Waals surface area contributed by atoms with E-state index in [9.17, 15) is 10.1 Å². The molecule has 1 saturated heterocycles. The first-order valence-electron chi connectivity index (χ1n) is 9.57. The van der Waals surface area contributed by atoms with Gasteiger partial charge in [-0.2, -0.15) is 5.26 Å². The molecule has 7 nitrogen and oxygen atoms in total. The standard InChI is InChI=1S/C22H21N5O2/c23-14-17(22(28)24-15-16-6-2-1-3-7-16)20-21(27-10-12-29-13-11-27)26-19-9-5-4-8-18(19)25-20/h1-9,17H,10-13,15H2,(H,24,28)/t17-/m1/s1. The van der Waals surface area contributed by atoms with Gasteiger partial charge in [0.1, 0.15) is 5.69 Å². The summed E-state index contributed by atoms with van der Waals surface area (Å²) in [6.07, 6.45) is 0. The number of hydrogen-bond donors (Lipinski definition) is 1. The number of nitrogens with one attached hydrogen (secondary N) is 1. The lowest BCUT2D eigenvalue weighted by atomic mass is 10.0. The van der Waals surface area contributed by atoms with Crippen molar-refractivity contribution in [3.05, 3.63) is 65.9 Å². The highest BCUT2D eigenvalue weighted by Crippen LogP contribution is 2.28. The third-order valence-corrected chi connectivity index (χ3v) is 4.86. The fourth-order valence-electron chi connectivity index (χ4n) is 3.34. The molecule has 1 fully saturated rings. The highest BCUT2D eigenvalue weighted by molar-refractivity contribution is 5.88. The Hall–Kier alpha value is -3.50. The van der Waals surface area contributed by atoms with Crippen LogP contribution in [0, 0.1) is 11.3 Å². The van der Waals surface area contributed by atoms with Crippen molar-refractivity contribution in [2.24, 2.45) is 0 Å². The second kappa shape index (κ2) is 8.67. The van der Waals surface area contributed by atoms with E-state index in [1.54, 1.807) is 0 Å². The van der Waals surface area contributed by atoms with E-state index in [1.807, 2.05) is 59.5 Å². The molecule has 1 amide bonds. The molecule has 3 aromatic rings. The van der Waals surface area contributed by atoms with Gasteiger partial charge in [-0.3, -0.25) is 4.79 Å². The number of nitriles is 1. The van der Waals surface area contributed by atoms with Crippen molar-refractivity contribution in [3.63, 3.8) is 0 Å². The molecule has 1 aliphatic rings. The predicted molar refractivity (Wildman–Crippen MR) is 109 cm³/mol. The highest BCUT2D eigenvalue weighted by atomic mass is 16.5. The molecule has 0 spiro atoms. The zero-order valence-electron chi connectivity index (χ0n) is 15.9. The quantitative estimate of drug-likeness (QED) is 0.723. The lowest BCUT2D eigenvalue weighted by Crippen LogP contribution is -2.38. The number of carbonyl (C=O) groups excluding carboxylic acids is 1. The van der Waals surface area contributed by atoms with Gasteiger partial charge in [-0.15, -0.1) is 0 Å². The summed E-state index contributed by atoms with van der Waals surface area (Å²) in [4.78, 5) is 24.3. The minimum Gasteiger partial charge on any atom is -0.378 e. The summed E-state index contributed by atoms with van der Waals surface area (Å²) >= 11 is 0. The summed E-state index contributed by atoms with van der Waals surface area (Å²) in [7, 11) is 0. The largest absolute Gasteiger partial charge is 0.378 e. The molecule has 1 N–H and O–H groups in total. The van der Waals surface area contributed by atoms with Crippen molar-refractivity contribution >= 4 is 22.8 Å². The van der Waals surface area contributed by atoms with Crippen LogP contribution in [0.2, 0.25) is 0 Å². The third kappa shape index (κ3) is 4.18. The number of hydrogen-bond acceptors (Lipinski definition) is 6. The lowest BCUT2D eigenvalue weighted by Gasteiger charge is -2.29. The number of para-hydroxylation sites is 2. The summed E-state index contributed by atoms with van der Waals surface area (Å²) in [6.45, 7) is 2.79. The lowest BCUT2D eigenvalue weighted by molar-refractivity contribution is -0.121. The fraction of sp³-hybridized carbons (Fsp3) is 0.273. The average molecular weight is 387 g/mol. The van der Waals surface area contributed by atoms with Crippen molar-refractivity contribution < 1.29 is 9.53 Å². The molecule has 0 saturated carbocycles. The summed E-state index contributed by atoms with van der Waals surface area (Å²) in [5, 5.41) is 12.7. The summed E-state index contributed by atoms with van der Waals surface area (Å²) in [5.41, 5.74) is 2.75. The number of morpholine rings is 1. The summed E-state index contributed by atoms with van der Waals surface area (Å²) in [5.74, 6) is -0.850. The van der Waals surface area contributed by atoms with Crippen LogP contribution >= 0.6 is 0 Å². The number of benzene rings is 2. The van der Waals surface area contributed by atoms with E-state index in [1.165, 1.54) is 0 Å². The zero-order valence-corrected chi connectivity index (χ0v) is 15.9. The van der Waals surface area contributed by atoms with Gasteiger partial charge in [0.25, 0.3) is 0 Å². The van der Waals surface area contributed by atoms with Gasteiger partial charge in [0.2, 0.25) is 5.91 Å². The van der Waals surface area contributed by atoms with Gasteiger partial charge < -0.3 is 15.0 Å². The van der Waals surface area contributed by atoms with Crippen LogP contribution in [0.15, 0.2) is 54.6 Å². The minimum absolute atomic E-state index is 0.353. The van der Waals surface area contributed by atoms with Gasteiger partial charge in [-0.05, 0) is 17.7 Å². The molecule has 1 aliphatic heterocycles. The van der Waals surface area contributed by atoms with Crippen molar-refractivity contribution in [1.82, 2.24) is 15.3 Å². The maximum absolute atomic E-state index is 12.9. The number of anilines is 1. The maximum Gasteiger partial charge on any atom is 0.243 e. The second-order valence-electron chi connectivity index (χ2n) is 6.79. The van der Waals surface area contributed by atoms with Gasteiger partial charge in [0, 0.05) is 19.6 Å². The van der Waals surface area contributed by atoms with Gasteiger partial charge >= 0.3 is 0 Å². The van der Waals surface area contributed by atoms with E-state index in [0.29, 0.717) is 49.9 Å². The van der Waals surface area contributed by atoms with Gasteiger partial charge in [0.15, 0.2) is 11.7 Å². The number of rotatable bonds is 5. The number of nitrogens with zero attached hydrogens (tertiary/aromatic N) is 4. The molecule has 2 heterocycles. The van der Waals surface area contributed by atoms with Crippen molar-refractivity contribution in [3.8, 4) is 6.07 Å². The second-order valence-corrected chi connectivity index (χ2v) is 6.79. The Morgan fingerprint density at radius 3 is 2.41 bits per heavy atom. The molecule has 1 aromatic heterocycles. The molecule has 29 heavy (non-hydrogen) atoms. The molecule has 146 valence electrons. The summed E-state index contributed by atoms with van der Waals surface area (Å²) < 4.78 is 5.44. The normalized spacial score (nSPS) is 14.9. The molecule has 7 heteroatoms. The Balaban J connectivity index is 1.67. The zero-order chi connectivity index (χ0) is 20.1. The Morgan fingerprint density at radius 2 is 1.72 bits per heavy atom. The molecule has 0 aliphatic carbocycles. The Morgan fingerprint density at radius 1 is 1.07 bits per heavy atom. The van der Waals surface area contributed by atoms with Crippen LogP contribution < -0.4 is 10.2 Å². The van der Waals surface area contributed by atoms with Gasteiger partial charge in [-0.1, -0.05) is 42.5 Å². The molecule has 0 radical (unpaired) electrons. The van der Waals surface area contributed by atoms with Crippen LogP contribution in [0.1, 0.15) is 17.2 Å². The Labute approximate surface area is 169 Å². The minimum atomic E-state index is -1.05. The van der Waals surface area contributed by atoms with E-state index < -0.39 is 5.92 Å². The molecular weight excluding hydrogens is 366 g/mol. The predicted octanol–water partition coefficient (Wildman–Crippen LogP) is 2.39. The molecule has 0 bridgehead atoms. The van der Waals surface area contributed by atoms with Crippen molar-refractivity contribution in [1.29, 1.82) is 5.26 Å².